The number of aromatic nitrogens is 2. The van der Waals surface area contributed by atoms with Gasteiger partial charge in [0.1, 0.15) is 0 Å². The smallest absolute Gasteiger partial charge is 0.0972 e. The predicted molar refractivity (Wildman–Crippen MR) is 96.1 cm³/mol. The largest absolute Gasteiger partial charge is 0.244 e. The molecule has 0 saturated carbocycles. The fourth-order valence-electron chi connectivity index (χ4n) is 2.95. The van der Waals surface area contributed by atoms with Crippen LogP contribution in [0.4, 0.5) is 0 Å². The molecule has 2 aromatic carbocycles. The van der Waals surface area contributed by atoms with Gasteiger partial charge in [0, 0.05) is 5.56 Å². The lowest BCUT2D eigenvalue weighted by Crippen LogP contribution is -1.99. The van der Waals surface area contributed by atoms with Gasteiger partial charge < -0.3 is 0 Å². The number of fused-ring (bicyclic) bond motifs is 1. The molecule has 0 fully saturated rings. The molecule has 0 spiro atoms. The summed E-state index contributed by atoms with van der Waals surface area (Å²) in [7, 11) is 0. The number of nitrogens with zero attached hydrogens (tertiary/aromatic N) is 2. The number of hydrogen-bond acceptors (Lipinski definition) is 2. The Bertz CT molecular complexity index is 921. The van der Waals surface area contributed by atoms with Crippen molar-refractivity contribution in [3.8, 4) is 11.3 Å². The van der Waals surface area contributed by atoms with Gasteiger partial charge in [-0.15, -0.1) is 0 Å². The van der Waals surface area contributed by atoms with E-state index in [9.17, 15) is 0 Å². The first-order chi connectivity index (χ1) is 11.3. The minimum atomic E-state index is 0.949. The molecule has 3 aromatic rings. The standard InChI is InChI=1S/C21H18N2/c1-15-12-13-18-19(14-15)23-21(17-10-6-3-7-11-17)20(22-18)16-8-4-2-5-9-16/h3-4,6-14H,2,5H2,1H3. The number of rotatable bonds is 2. The number of benzene rings is 2. The number of aryl methyl sites for hydroxylation is 1. The molecule has 1 aromatic heterocycles. The summed E-state index contributed by atoms with van der Waals surface area (Å²) in [6, 6.07) is 16.6. The van der Waals surface area contributed by atoms with E-state index in [1.165, 1.54) is 11.1 Å². The maximum Gasteiger partial charge on any atom is 0.0972 e. The highest BCUT2D eigenvalue weighted by Crippen LogP contribution is 2.30. The molecule has 1 heterocycles. The van der Waals surface area contributed by atoms with Gasteiger partial charge in [-0.1, -0.05) is 54.6 Å². The first-order valence-corrected chi connectivity index (χ1v) is 8.02. The zero-order chi connectivity index (χ0) is 15.6. The molecule has 0 N–H and O–H groups in total. The van der Waals surface area contributed by atoms with E-state index in [2.05, 4.69) is 55.5 Å². The highest BCUT2D eigenvalue weighted by Gasteiger charge is 2.14. The molecular formula is C21H18N2. The third kappa shape index (κ3) is 2.68. The lowest BCUT2D eigenvalue weighted by Gasteiger charge is -2.13. The zero-order valence-electron chi connectivity index (χ0n) is 13.2. The molecule has 0 amide bonds. The number of allylic oxidation sites excluding steroid dienone is 4. The van der Waals surface area contributed by atoms with Crippen molar-refractivity contribution in [1.29, 1.82) is 0 Å². The van der Waals surface area contributed by atoms with Crippen LogP contribution in [0.3, 0.4) is 0 Å². The monoisotopic (exact) mass is 298 g/mol. The minimum absolute atomic E-state index is 0.949. The fourth-order valence-corrected chi connectivity index (χ4v) is 2.95. The molecule has 0 aliphatic heterocycles. The van der Waals surface area contributed by atoms with Crippen molar-refractivity contribution in [2.24, 2.45) is 0 Å². The second-order valence-corrected chi connectivity index (χ2v) is 5.92. The second-order valence-electron chi connectivity index (χ2n) is 5.92. The maximum atomic E-state index is 4.94. The van der Waals surface area contributed by atoms with E-state index in [4.69, 9.17) is 9.97 Å². The van der Waals surface area contributed by atoms with Crippen LogP contribution in [-0.4, -0.2) is 9.97 Å². The predicted octanol–water partition coefficient (Wildman–Crippen LogP) is 5.34. The van der Waals surface area contributed by atoms with E-state index >= 15 is 0 Å². The third-order valence-corrected chi connectivity index (χ3v) is 4.14. The van der Waals surface area contributed by atoms with E-state index in [1.807, 2.05) is 18.2 Å². The Morgan fingerprint density at radius 1 is 0.826 bits per heavy atom. The average Bonchev–Trinajstić information content (AvgIpc) is 2.62. The van der Waals surface area contributed by atoms with Crippen molar-refractivity contribution in [2.45, 2.75) is 19.8 Å². The summed E-state index contributed by atoms with van der Waals surface area (Å²) in [5, 5.41) is 0. The van der Waals surface area contributed by atoms with Crippen LogP contribution in [0.5, 0.6) is 0 Å². The van der Waals surface area contributed by atoms with Crippen LogP contribution >= 0.6 is 0 Å². The Balaban J connectivity index is 2.00. The molecule has 0 bridgehead atoms. The molecule has 0 saturated heterocycles. The lowest BCUT2D eigenvalue weighted by atomic mass is 9.99. The Hall–Kier alpha value is -2.74. The Morgan fingerprint density at radius 2 is 1.65 bits per heavy atom. The summed E-state index contributed by atoms with van der Waals surface area (Å²) in [4.78, 5) is 9.88. The van der Waals surface area contributed by atoms with Gasteiger partial charge in [-0.2, -0.15) is 0 Å². The average molecular weight is 298 g/mol. The van der Waals surface area contributed by atoms with Gasteiger partial charge in [-0.25, -0.2) is 9.97 Å². The second kappa shape index (κ2) is 5.81. The molecule has 23 heavy (non-hydrogen) atoms. The van der Waals surface area contributed by atoms with Gasteiger partial charge in [0.15, 0.2) is 0 Å². The molecule has 0 atom stereocenters. The fraction of sp³-hybridized carbons (Fsp3) is 0.143. The van der Waals surface area contributed by atoms with Gasteiger partial charge in [0.25, 0.3) is 0 Å². The summed E-state index contributed by atoms with van der Waals surface area (Å²) in [6.07, 6.45) is 8.81. The van der Waals surface area contributed by atoms with E-state index in [1.54, 1.807) is 0 Å². The van der Waals surface area contributed by atoms with E-state index in [0.29, 0.717) is 0 Å². The van der Waals surface area contributed by atoms with Gasteiger partial charge >= 0.3 is 0 Å². The Labute approximate surface area is 136 Å². The van der Waals surface area contributed by atoms with Gasteiger partial charge in [-0.3, -0.25) is 0 Å². The first kappa shape index (κ1) is 13.9. The van der Waals surface area contributed by atoms with Crippen LogP contribution < -0.4 is 0 Å². The van der Waals surface area contributed by atoms with Crippen molar-refractivity contribution >= 4 is 16.6 Å². The van der Waals surface area contributed by atoms with Crippen molar-refractivity contribution in [3.63, 3.8) is 0 Å². The topological polar surface area (TPSA) is 25.8 Å². The summed E-state index contributed by atoms with van der Waals surface area (Å²) < 4.78 is 0. The van der Waals surface area contributed by atoms with Crippen molar-refractivity contribution in [3.05, 3.63) is 78.0 Å². The summed E-state index contributed by atoms with van der Waals surface area (Å²) in [5.41, 5.74) is 7.32. The molecule has 0 radical (unpaired) electrons. The van der Waals surface area contributed by atoms with Crippen LogP contribution in [0.2, 0.25) is 0 Å². The Kier molecular flexibility index (Phi) is 3.51. The summed E-state index contributed by atoms with van der Waals surface area (Å²) in [6.45, 7) is 2.09. The molecule has 1 aliphatic rings. The van der Waals surface area contributed by atoms with Crippen LogP contribution in [0, 0.1) is 6.92 Å². The third-order valence-electron chi connectivity index (χ3n) is 4.14. The van der Waals surface area contributed by atoms with Crippen LogP contribution in [-0.2, 0) is 0 Å². The molecule has 2 heteroatoms. The van der Waals surface area contributed by atoms with Gasteiger partial charge in [-0.05, 0) is 43.0 Å². The molecule has 112 valence electrons. The molecule has 1 aliphatic carbocycles. The lowest BCUT2D eigenvalue weighted by molar-refractivity contribution is 1.04. The molecule has 0 unspecified atom stereocenters. The quantitative estimate of drug-likeness (QED) is 0.638. The molecular weight excluding hydrogens is 280 g/mol. The van der Waals surface area contributed by atoms with E-state index < -0.39 is 0 Å². The first-order valence-electron chi connectivity index (χ1n) is 8.02. The summed E-state index contributed by atoms with van der Waals surface area (Å²) in [5.74, 6) is 0. The van der Waals surface area contributed by atoms with Crippen molar-refractivity contribution in [2.75, 3.05) is 0 Å². The van der Waals surface area contributed by atoms with E-state index in [-0.39, 0.29) is 0 Å². The molecule has 2 nitrogen and oxygen atoms in total. The van der Waals surface area contributed by atoms with E-state index in [0.717, 1.165) is 40.8 Å². The van der Waals surface area contributed by atoms with Gasteiger partial charge in [0.05, 0.1) is 22.4 Å². The maximum absolute atomic E-state index is 4.94. The van der Waals surface area contributed by atoms with Crippen LogP contribution in [0.25, 0.3) is 27.9 Å². The van der Waals surface area contributed by atoms with Gasteiger partial charge in [0.2, 0.25) is 0 Å². The number of hydrogen-bond donors (Lipinski definition) is 0. The van der Waals surface area contributed by atoms with Crippen LogP contribution in [0.1, 0.15) is 24.1 Å². The SMILES string of the molecule is Cc1ccc2nc(C3=CCCC=C3)c(-c3ccccc3)nc2c1. The minimum Gasteiger partial charge on any atom is -0.244 e. The zero-order valence-corrected chi connectivity index (χ0v) is 13.2. The highest BCUT2D eigenvalue weighted by molar-refractivity contribution is 5.87. The summed E-state index contributed by atoms with van der Waals surface area (Å²) >= 11 is 0. The highest BCUT2D eigenvalue weighted by atomic mass is 14.8. The van der Waals surface area contributed by atoms with Crippen molar-refractivity contribution in [1.82, 2.24) is 9.97 Å². The normalized spacial score (nSPS) is 14.0. The Morgan fingerprint density at radius 3 is 2.43 bits per heavy atom. The van der Waals surface area contributed by atoms with Crippen molar-refractivity contribution < 1.29 is 0 Å². The van der Waals surface area contributed by atoms with Crippen LogP contribution in [0.15, 0.2) is 66.8 Å². The molecule has 4 rings (SSSR count).